The van der Waals surface area contributed by atoms with Crippen molar-refractivity contribution in [2.24, 2.45) is 0 Å². The van der Waals surface area contributed by atoms with Crippen molar-refractivity contribution in [2.75, 3.05) is 16.0 Å². The van der Waals surface area contributed by atoms with Crippen LogP contribution in [0.25, 0.3) is 0 Å². The third-order valence-electron chi connectivity index (χ3n) is 10.4. The normalized spacial score (nSPS) is 12.1. The zero-order valence-corrected chi connectivity index (χ0v) is 35.0. The van der Waals surface area contributed by atoms with E-state index < -0.39 is 16.0 Å². The van der Waals surface area contributed by atoms with E-state index in [1.54, 1.807) is 6.07 Å². The fraction of sp³-hybridized carbons (Fsp3) is 0.265. The van der Waals surface area contributed by atoms with Crippen molar-refractivity contribution in [3.63, 3.8) is 0 Å². The molecular formula is C49H54N3O4S-. The largest absolute Gasteiger partial charge is 0.744 e. The van der Waals surface area contributed by atoms with Gasteiger partial charge in [-0.3, -0.25) is 0 Å². The summed E-state index contributed by atoms with van der Waals surface area (Å²) in [6.07, 6.45) is 0. The van der Waals surface area contributed by atoms with Crippen LogP contribution >= 0.6 is 0 Å². The van der Waals surface area contributed by atoms with Crippen LogP contribution in [0.4, 0.5) is 22.7 Å². The van der Waals surface area contributed by atoms with E-state index in [2.05, 4.69) is 52.3 Å². The molecule has 4 N–H and O–H groups in total. The molecule has 0 unspecified atom stereocenters. The number of nitrogens with one attached hydrogen (secondary N) is 3. The Morgan fingerprint density at radius 2 is 0.982 bits per heavy atom. The van der Waals surface area contributed by atoms with Gasteiger partial charge in [-0.05, 0) is 112 Å². The standard InChI is InChI=1S/C49H55N3O4S/c1-32-25-36(50-30-34-15-11-9-12-16-34)19-22-40(32)46(41-23-20-37(26-33(41)2)51-31-35-17-13-10-14-18-35)42-24-21-38(29-45(42)57(54,55)56)52-39-27-43(48(3,4)5)47(53)44(28-39)49(6,7)8/h9-29,46,50-53H,30-31H2,1-8H3,(H,54,55,56)/p-1. The van der Waals surface area contributed by atoms with Gasteiger partial charge in [0.1, 0.15) is 15.9 Å². The molecule has 0 spiro atoms. The maximum atomic E-state index is 13.3. The molecule has 296 valence electrons. The van der Waals surface area contributed by atoms with Crippen LogP contribution in [-0.2, 0) is 34.0 Å². The van der Waals surface area contributed by atoms with E-state index in [4.69, 9.17) is 0 Å². The lowest BCUT2D eigenvalue weighted by Gasteiger charge is -2.29. The smallest absolute Gasteiger partial charge is 0.124 e. The molecule has 0 bridgehead atoms. The van der Waals surface area contributed by atoms with Gasteiger partial charge in [-0.1, -0.05) is 120 Å². The second-order valence-corrected chi connectivity index (χ2v) is 18.4. The number of hydrogen-bond acceptors (Lipinski definition) is 7. The number of aryl methyl sites for hydroxylation is 2. The molecule has 0 atom stereocenters. The molecule has 0 aliphatic heterocycles. The summed E-state index contributed by atoms with van der Waals surface area (Å²) in [5.74, 6) is -0.326. The van der Waals surface area contributed by atoms with Gasteiger partial charge in [0.15, 0.2) is 0 Å². The monoisotopic (exact) mass is 780 g/mol. The molecule has 0 fully saturated rings. The first-order chi connectivity index (χ1) is 26.9. The lowest BCUT2D eigenvalue weighted by molar-refractivity contribution is 0.423. The maximum Gasteiger partial charge on any atom is 0.124 e. The topological polar surface area (TPSA) is 114 Å². The Morgan fingerprint density at radius 3 is 1.39 bits per heavy atom. The zero-order valence-electron chi connectivity index (χ0n) is 34.2. The average Bonchev–Trinajstić information content (AvgIpc) is 3.15. The van der Waals surface area contributed by atoms with Crippen molar-refractivity contribution in [1.29, 1.82) is 0 Å². The second kappa shape index (κ2) is 16.5. The number of hydrogen-bond donors (Lipinski definition) is 4. The summed E-state index contributed by atoms with van der Waals surface area (Å²) in [6, 6.07) is 41.4. The third kappa shape index (κ3) is 9.88. The molecule has 0 saturated heterocycles. The Hall–Kier alpha value is -5.57. The molecule has 6 aromatic rings. The van der Waals surface area contributed by atoms with Crippen LogP contribution in [0, 0.1) is 13.8 Å². The van der Waals surface area contributed by atoms with Gasteiger partial charge in [-0.15, -0.1) is 0 Å². The summed E-state index contributed by atoms with van der Waals surface area (Å²) in [5.41, 5.74) is 10.2. The van der Waals surface area contributed by atoms with E-state index >= 15 is 0 Å². The van der Waals surface area contributed by atoms with Gasteiger partial charge in [0.25, 0.3) is 0 Å². The highest BCUT2D eigenvalue weighted by atomic mass is 32.2. The minimum absolute atomic E-state index is 0.245. The molecule has 57 heavy (non-hydrogen) atoms. The summed E-state index contributed by atoms with van der Waals surface area (Å²) < 4.78 is 40.0. The molecule has 0 aromatic heterocycles. The second-order valence-electron chi connectivity index (χ2n) is 17.0. The van der Waals surface area contributed by atoms with Crippen molar-refractivity contribution in [2.45, 2.75) is 90.1 Å². The van der Waals surface area contributed by atoms with Crippen LogP contribution in [0.2, 0.25) is 0 Å². The molecular weight excluding hydrogens is 727 g/mol. The number of benzene rings is 6. The molecule has 0 radical (unpaired) electrons. The van der Waals surface area contributed by atoms with Crippen LogP contribution in [0.1, 0.15) is 97.5 Å². The van der Waals surface area contributed by atoms with Crippen LogP contribution in [0.5, 0.6) is 5.75 Å². The molecule has 6 aromatic carbocycles. The Morgan fingerprint density at radius 1 is 0.561 bits per heavy atom. The summed E-state index contributed by atoms with van der Waals surface area (Å²) >= 11 is 0. The van der Waals surface area contributed by atoms with E-state index in [1.165, 1.54) is 6.07 Å². The Kier molecular flexibility index (Phi) is 11.9. The van der Waals surface area contributed by atoms with Crippen LogP contribution in [0.3, 0.4) is 0 Å². The Balaban J connectivity index is 1.44. The highest BCUT2D eigenvalue weighted by Gasteiger charge is 2.28. The van der Waals surface area contributed by atoms with Crippen molar-refractivity contribution in [3.05, 3.63) is 177 Å². The fourth-order valence-electron chi connectivity index (χ4n) is 7.41. The number of anilines is 4. The first-order valence-electron chi connectivity index (χ1n) is 19.4. The summed E-state index contributed by atoms with van der Waals surface area (Å²) in [4.78, 5) is -0.292. The highest BCUT2D eigenvalue weighted by Crippen LogP contribution is 2.43. The lowest BCUT2D eigenvalue weighted by Crippen LogP contribution is -2.17. The van der Waals surface area contributed by atoms with Gasteiger partial charge in [0.05, 0.1) is 4.90 Å². The first kappa shape index (κ1) is 41.1. The van der Waals surface area contributed by atoms with Crippen LogP contribution in [0.15, 0.2) is 132 Å². The van der Waals surface area contributed by atoms with E-state index in [1.807, 2.05) is 134 Å². The van der Waals surface area contributed by atoms with E-state index in [0.717, 1.165) is 55.9 Å². The zero-order chi connectivity index (χ0) is 41.1. The molecule has 0 saturated carbocycles. The molecule has 6 rings (SSSR count). The van der Waals surface area contributed by atoms with Crippen molar-refractivity contribution < 1.29 is 18.1 Å². The summed E-state index contributed by atoms with van der Waals surface area (Å²) in [5, 5.41) is 21.7. The van der Waals surface area contributed by atoms with Gasteiger partial charge in [-0.25, -0.2) is 8.42 Å². The molecule has 7 nitrogen and oxygen atoms in total. The first-order valence-corrected chi connectivity index (χ1v) is 20.8. The SMILES string of the molecule is Cc1cc(NCc2ccccc2)ccc1C(c1ccc(NCc2ccccc2)cc1C)c1ccc(Nc2cc(C(C)(C)C)c(O)c(C(C)(C)C)c2)cc1S(=O)(=O)[O-]. The van der Waals surface area contributed by atoms with E-state index in [-0.39, 0.29) is 21.5 Å². The lowest BCUT2D eigenvalue weighted by atomic mass is 9.79. The predicted molar refractivity (Wildman–Crippen MR) is 234 cm³/mol. The molecule has 0 aliphatic carbocycles. The van der Waals surface area contributed by atoms with E-state index in [9.17, 15) is 18.1 Å². The predicted octanol–water partition coefficient (Wildman–Crippen LogP) is 11.7. The van der Waals surface area contributed by atoms with Crippen LogP contribution < -0.4 is 16.0 Å². The fourth-order valence-corrected chi connectivity index (χ4v) is 8.15. The summed E-state index contributed by atoms with van der Waals surface area (Å²) in [6.45, 7) is 17.6. The van der Waals surface area contributed by atoms with Gasteiger partial charge in [0.2, 0.25) is 0 Å². The number of rotatable bonds is 12. The Bertz CT molecular complexity index is 2340. The molecule has 0 heterocycles. The maximum absolute atomic E-state index is 13.3. The average molecular weight is 781 g/mol. The quantitative estimate of drug-likeness (QED) is 0.0555. The molecule has 0 aliphatic rings. The third-order valence-corrected chi connectivity index (χ3v) is 11.3. The molecule has 8 heteroatoms. The highest BCUT2D eigenvalue weighted by molar-refractivity contribution is 7.85. The summed E-state index contributed by atoms with van der Waals surface area (Å²) in [7, 11) is -4.95. The Labute approximate surface area is 339 Å². The minimum atomic E-state index is -4.95. The van der Waals surface area contributed by atoms with Gasteiger partial charge >= 0.3 is 0 Å². The number of phenols is 1. The van der Waals surface area contributed by atoms with Gasteiger partial charge < -0.3 is 25.6 Å². The minimum Gasteiger partial charge on any atom is -0.744 e. The van der Waals surface area contributed by atoms with Gasteiger partial charge in [-0.2, -0.15) is 0 Å². The number of phenolic OH excluding ortho intramolecular Hbond substituents is 1. The van der Waals surface area contributed by atoms with Crippen molar-refractivity contribution in [1.82, 2.24) is 0 Å². The van der Waals surface area contributed by atoms with E-state index in [0.29, 0.717) is 30.0 Å². The van der Waals surface area contributed by atoms with Crippen LogP contribution in [-0.4, -0.2) is 18.1 Å². The van der Waals surface area contributed by atoms with Crippen molar-refractivity contribution in [3.8, 4) is 5.75 Å². The molecule has 0 amide bonds. The number of aromatic hydroxyl groups is 1. The van der Waals surface area contributed by atoms with Crippen molar-refractivity contribution >= 4 is 32.9 Å². The van der Waals surface area contributed by atoms with Gasteiger partial charge in [0, 0.05) is 52.9 Å².